The molecule has 2 N–H and O–H groups in total. The van der Waals surface area contributed by atoms with Gasteiger partial charge in [-0.1, -0.05) is 30.3 Å². The molecule has 3 heterocycles. The normalized spacial score (nSPS) is 21.8. The van der Waals surface area contributed by atoms with Crippen LogP contribution in [-0.2, 0) is 6.61 Å². The monoisotopic (exact) mass is 469 g/mol. The number of halogens is 1. The van der Waals surface area contributed by atoms with Gasteiger partial charge >= 0.3 is 0 Å². The van der Waals surface area contributed by atoms with Crippen LogP contribution in [0.3, 0.4) is 0 Å². The van der Waals surface area contributed by atoms with Gasteiger partial charge in [-0.3, -0.25) is 0 Å². The van der Waals surface area contributed by atoms with Gasteiger partial charge in [0.25, 0.3) is 0 Å². The zero-order chi connectivity index (χ0) is 24.2. The van der Waals surface area contributed by atoms with Crippen molar-refractivity contribution < 1.29 is 9.13 Å². The molecule has 1 aliphatic heterocycles. The summed E-state index contributed by atoms with van der Waals surface area (Å²) in [6, 6.07) is 18.5. The number of allylic oxidation sites excluding steroid dienone is 1. The molecule has 1 aliphatic carbocycles. The first kappa shape index (κ1) is 21.8. The van der Waals surface area contributed by atoms with Crippen LogP contribution in [0.15, 0.2) is 78.6 Å². The van der Waals surface area contributed by atoms with E-state index in [1.165, 1.54) is 17.8 Å². The quantitative estimate of drug-likeness (QED) is 0.428. The third-order valence-electron chi connectivity index (χ3n) is 7.47. The summed E-state index contributed by atoms with van der Waals surface area (Å²) in [5.41, 5.74) is 12.5. The first-order chi connectivity index (χ1) is 16.9. The van der Waals surface area contributed by atoms with Crippen LogP contribution in [0.1, 0.15) is 32.3 Å². The molecule has 6 nitrogen and oxygen atoms in total. The zero-order valence-electron chi connectivity index (χ0n) is 19.9. The molecule has 1 unspecified atom stereocenters. The maximum Gasteiger partial charge on any atom is 0.232 e. The van der Waals surface area contributed by atoms with Gasteiger partial charge in [0.1, 0.15) is 12.4 Å². The predicted molar refractivity (Wildman–Crippen MR) is 135 cm³/mol. The lowest BCUT2D eigenvalue weighted by Gasteiger charge is -2.24. The SMILES string of the molecule is C/C=C1/N(c2ccc(-c3cnc4ccc(OCc5cccc(F)c5)nn34)cc2)CC(C)(N)C12CC2. The van der Waals surface area contributed by atoms with E-state index in [-0.39, 0.29) is 23.4 Å². The molecule has 1 saturated heterocycles. The van der Waals surface area contributed by atoms with Gasteiger partial charge in [-0.2, -0.15) is 0 Å². The highest BCUT2D eigenvalue weighted by Crippen LogP contribution is 2.63. The molecule has 1 atom stereocenters. The smallest absolute Gasteiger partial charge is 0.232 e. The first-order valence-electron chi connectivity index (χ1n) is 12.0. The van der Waals surface area contributed by atoms with E-state index in [9.17, 15) is 4.39 Å². The largest absolute Gasteiger partial charge is 0.472 e. The summed E-state index contributed by atoms with van der Waals surface area (Å²) >= 11 is 0. The third kappa shape index (κ3) is 3.58. The molecule has 4 aromatic rings. The first-order valence-corrected chi connectivity index (χ1v) is 12.0. The Morgan fingerprint density at radius 1 is 1.11 bits per heavy atom. The van der Waals surface area contributed by atoms with Crippen LogP contribution in [0.5, 0.6) is 5.88 Å². The van der Waals surface area contributed by atoms with Crippen LogP contribution in [0.25, 0.3) is 16.9 Å². The number of aromatic nitrogens is 3. The maximum absolute atomic E-state index is 13.5. The van der Waals surface area contributed by atoms with E-state index in [4.69, 9.17) is 10.5 Å². The molecule has 2 aromatic carbocycles. The van der Waals surface area contributed by atoms with Crippen LogP contribution in [-0.4, -0.2) is 26.7 Å². The van der Waals surface area contributed by atoms with E-state index in [1.54, 1.807) is 16.6 Å². The second-order valence-electron chi connectivity index (χ2n) is 9.81. The number of hydrogen-bond acceptors (Lipinski definition) is 5. The zero-order valence-corrected chi connectivity index (χ0v) is 19.9. The van der Waals surface area contributed by atoms with E-state index >= 15 is 0 Å². The molecule has 0 radical (unpaired) electrons. The summed E-state index contributed by atoms with van der Waals surface area (Å²) in [7, 11) is 0. The number of hydrogen-bond donors (Lipinski definition) is 1. The Hall–Kier alpha value is -3.71. The lowest BCUT2D eigenvalue weighted by atomic mass is 9.85. The topological polar surface area (TPSA) is 68.7 Å². The predicted octanol–water partition coefficient (Wildman–Crippen LogP) is 5.34. The number of fused-ring (bicyclic) bond motifs is 1. The lowest BCUT2D eigenvalue weighted by molar-refractivity contribution is 0.288. The van der Waals surface area contributed by atoms with E-state index in [0.717, 1.165) is 47.5 Å². The lowest BCUT2D eigenvalue weighted by Crippen LogP contribution is -2.45. The second-order valence-corrected chi connectivity index (χ2v) is 9.81. The fraction of sp³-hybridized carbons (Fsp3) is 0.286. The van der Waals surface area contributed by atoms with Crippen molar-refractivity contribution in [2.24, 2.45) is 11.1 Å². The fourth-order valence-corrected chi connectivity index (χ4v) is 5.46. The number of benzene rings is 2. The van der Waals surface area contributed by atoms with Gasteiger partial charge in [-0.05, 0) is 62.6 Å². The van der Waals surface area contributed by atoms with E-state index in [1.807, 2.05) is 18.3 Å². The molecular weight excluding hydrogens is 441 g/mol. The number of anilines is 1. The van der Waals surface area contributed by atoms with Crippen LogP contribution in [0.2, 0.25) is 0 Å². The van der Waals surface area contributed by atoms with Gasteiger partial charge in [0.15, 0.2) is 5.65 Å². The van der Waals surface area contributed by atoms with Gasteiger partial charge in [-0.15, -0.1) is 5.10 Å². The molecule has 6 rings (SSSR count). The van der Waals surface area contributed by atoms with Gasteiger partial charge in [0, 0.05) is 40.5 Å². The van der Waals surface area contributed by atoms with E-state index in [2.05, 4.69) is 59.2 Å². The van der Waals surface area contributed by atoms with Crippen LogP contribution in [0.4, 0.5) is 10.1 Å². The molecular formula is C28H28FN5O. The summed E-state index contributed by atoms with van der Waals surface area (Å²) in [6.07, 6.45) is 6.35. The Labute approximate surface area is 203 Å². The molecule has 0 amide bonds. The minimum absolute atomic E-state index is 0.119. The van der Waals surface area contributed by atoms with Gasteiger partial charge in [0.05, 0.1) is 11.9 Å². The third-order valence-corrected chi connectivity index (χ3v) is 7.47. The second kappa shape index (κ2) is 7.92. The summed E-state index contributed by atoms with van der Waals surface area (Å²) in [6.45, 7) is 5.33. The molecule has 2 aliphatic rings. The van der Waals surface area contributed by atoms with Crippen molar-refractivity contribution in [2.45, 2.75) is 38.8 Å². The van der Waals surface area contributed by atoms with Crippen LogP contribution in [0, 0.1) is 11.2 Å². The number of imidazole rings is 1. The van der Waals surface area contributed by atoms with E-state index < -0.39 is 0 Å². The van der Waals surface area contributed by atoms with Crippen molar-refractivity contribution in [3.63, 3.8) is 0 Å². The summed E-state index contributed by atoms with van der Waals surface area (Å²) in [5.74, 6) is 0.165. The maximum atomic E-state index is 13.5. The van der Waals surface area contributed by atoms with Crippen molar-refractivity contribution in [3.05, 3.63) is 90.0 Å². The highest BCUT2D eigenvalue weighted by Gasteiger charge is 2.63. The Kier molecular flexibility index (Phi) is 4.93. The average Bonchev–Trinajstić information content (AvgIpc) is 3.50. The minimum Gasteiger partial charge on any atom is -0.472 e. The Balaban J connectivity index is 1.26. The fourth-order valence-electron chi connectivity index (χ4n) is 5.46. The van der Waals surface area contributed by atoms with Crippen LogP contribution >= 0.6 is 0 Å². The average molecular weight is 470 g/mol. The van der Waals surface area contributed by atoms with Gasteiger partial charge in [0.2, 0.25) is 5.88 Å². The highest BCUT2D eigenvalue weighted by atomic mass is 19.1. The number of nitrogens with zero attached hydrogens (tertiary/aromatic N) is 4. The van der Waals surface area contributed by atoms with E-state index in [0.29, 0.717) is 5.88 Å². The molecule has 0 bridgehead atoms. The van der Waals surface area contributed by atoms with Gasteiger partial charge in [-0.25, -0.2) is 13.9 Å². The molecule has 7 heteroatoms. The molecule has 35 heavy (non-hydrogen) atoms. The molecule has 2 aromatic heterocycles. The van der Waals surface area contributed by atoms with Crippen LogP contribution < -0.4 is 15.4 Å². The molecule has 1 saturated carbocycles. The summed E-state index contributed by atoms with van der Waals surface area (Å²) in [5, 5.41) is 4.62. The molecule has 1 spiro atoms. The van der Waals surface area contributed by atoms with Crippen molar-refractivity contribution >= 4 is 11.3 Å². The van der Waals surface area contributed by atoms with Crippen molar-refractivity contribution in [2.75, 3.05) is 11.4 Å². The molecule has 178 valence electrons. The Morgan fingerprint density at radius 3 is 2.63 bits per heavy atom. The van der Waals surface area contributed by atoms with Gasteiger partial charge < -0.3 is 15.4 Å². The standard InChI is InChI=1S/C28H28FN5O/c1-3-24-28(13-14-28)27(2,30)18-33(24)22-9-7-20(8-10-22)23-16-31-25-11-12-26(32-34(23)25)35-17-19-5-4-6-21(29)15-19/h3-12,15-16H,13-14,17-18,30H2,1-2H3/b24-3+. The van der Waals surface area contributed by atoms with Crippen molar-refractivity contribution in [3.8, 4) is 17.1 Å². The molecule has 2 fully saturated rings. The number of nitrogens with two attached hydrogens (primary N) is 1. The highest BCUT2D eigenvalue weighted by molar-refractivity contribution is 5.68. The Bertz CT molecular complexity index is 1440. The Morgan fingerprint density at radius 2 is 1.91 bits per heavy atom. The summed E-state index contributed by atoms with van der Waals surface area (Å²) < 4.78 is 21.0. The van der Waals surface area contributed by atoms with Crippen molar-refractivity contribution in [1.82, 2.24) is 14.6 Å². The number of rotatable bonds is 5. The summed E-state index contributed by atoms with van der Waals surface area (Å²) in [4.78, 5) is 6.86. The number of ether oxygens (including phenoxy) is 1. The minimum atomic E-state index is -0.284. The van der Waals surface area contributed by atoms with Crippen molar-refractivity contribution in [1.29, 1.82) is 0 Å².